The number of ether oxygens (including phenoxy) is 2. The molecule has 15 atom stereocenters. The van der Waals surface area contributed by atoms with Crippen molar-refractivity contribution < 1.29 is 54.8 Å². The highest BCUT2D eigenvalue weighted by atomic mass is 35.5. The van der Waals surface area contributed by atoms with E-state index < -0.39 is 77.7 Å². The van der Waals surface area contributed by atoms with Gasteiger partial charge in [-0.3, -0.25) is 9.59 Å². The van der Waals surface area contributed by atoms with Crippen molar-refractivity contribution in [2.45, 2.75) is 135 Å². The van der Waals surface area contributed by atoms with E-state index in [2.05, 4.69) is 27.7 Å². The van der Waals surface area contributed by atoms with Crippen molar-refractivity contribution in [3.63, 3.8) is 0 Å². The molecule has 272 valence electrons. The average Bonchev–Trinajstić information content (AvgIpc) is 3.03. The third-order valence-electron chi connectivity index (χ3n) is 14.7. The number of halogens is 1. The lowest BCUT2D eigenvalue weighted by atomic mass is 9.37. The second-order valence-electron chi connectivity index (χ2n) is 17.6. The number of alkyl halides is 1. The van der Waals surface area contributed by atoms with Gasteiger partial charge in [0.2, 0.25) is 6.29 Å². The summed E-state index contributed by atoms with van der Waals surface area (Å²) in [6.07, 6.45) is -4.82. The van der Waals surface area contributed by atoms with E-state index in [4.69, 9.17) is 21.1 Å². The van der Waals surface area contributed by atoms with Gasteiger partial charge >= 0.3 is 11.9 Å². The Hall–Kier alpha value is -1.31. The maximum absolute atomic E-state index is 14.5. The van der Waals surface area contributed by atoms with Crippen molar-refractivity contribution in [1.29, 1.82) is 0 Å². The molecule has 12 heteroatoms. The lowest BCUT2D eigenvalue weighted by Gasteiger charge is -2.67. The number of aliphatic carboxylic acids is 1. The number of hydrogen-bond donors (Lipinski definition) is 7. The van der Waals surface area contributed by atoms with Crippen LogP contribution >= 0.6 is 11.6 Å². The molecule has 48 heavy (non-hydrogen) atoms. The smallest absolute Gasteiger partial charge is 0.315 e. The molecule has 0 spiro atoms. The minimum absolute atomic E-state index is 0.00255. The Morgan fingerprint density at radius 1 is 0.917 bits per heavy atom. The number of rotatable bonds is 5. The fourth-order valence-electron chi connectivity index (χ4n) is 12.0. The zero-order valence-corrected chi connectivity index (χ0v) is 29.5. The maximum Gasteiger partial charge on any atom is 0.315 e. The van der Waals surface area contributed by atoms with Crippen LogP contribution in [0.2, 0.25) is 0 Å². The average molecular weight is 699 g/mol. The number of hydrogen-bond acceptors (Lipinski definition) is 10. The quantitative estimate of drug-likeness (QED) is 0.127. The van der Waals surface area contributed by atoms with Crippen LogP contribution in [0, 0.1) is 50.7 Å². The molecule has 0 aromatic heterocycles. The van der Waals surface area contributed by atoms with Crippen LogP contribution < -0.4 is 0 Å². The number of aliphatic hydroxyl groups is 6. The standard InChI is InChI=1S/C36H55ClO11/c1-32(2)10-11-36(31(46)48-29-27(42)26(41)25(40)21(16-38)47-29)9-6-18-24(19(36)13-32)17(15-37)12-23-33(18,3)8-7-22-34(23,4)14-20(39)28(43)35(22,5)30(44)45/h17,19-23,25-29,38-43H,6-16H2,1-5H3,(H,44,45)/t17-,19+,20+,21+,22-,23+,25+,26-,27+,28+,29-,33+,34+,35+,36-/m1/s1. The van der Waals surface area contributed by atoms with Gasteiger partial charge in [0.25, 0.3) is 0 Å². The van der Waals surface area contributed by atoms with Crippen molar-refractivity contribution in [3.05, 3.63) is 11.1 Å². The summed E-state index contributed by atoms with van der Waals surface area (Å²) in [6, 6.07) is 0. The highest BCUT2D eigenvalue weighted by molar-refractivity contribution is 6.18. The monoisotopic (exact) mass is 698 g/mol. The second-order valence-corrected chi connectivity index (χ2v) is 17.9. The Kier molecular flexibility index (Phi) is 9.23. The summed E-state index contributed by atoms with van der Waals surface area (Å²) in [5, 5.41) is 73.7. The number of fused-ring (bicyclic) bond motifs is 6. The Morgan fingerprint density at radius 3 is 2.23 bits per heavy atom. The third-order valence-corrected chi connectivity index (χ3v) is 15.0. The molecule has 0 bridgehead atoms. The third kappa shape index (κ3) is 5.07. The highest BCUT2D eigenvalue weighted by Gasteiger charge is 2.69. The second kappa shape index (κ2) is 12.1. The lowest BCUT2D eigenvalue weighted by Crippen LogP contribution is -2.67. The van der Waals surface area contributed by atoms with Crippen molar-refractivity contribution in [2.24, 2.45) is 50.7 Å². The molecule has 1 aliphatic heterocycles. The van der Waals surface area contributed by atoms with Crippen LogP contribution in [0.25, 0.3) is 0 Å². The minimum Gasteiger partial charge on any atom is -0.481 e. The van der Waals surface area contributed by atoms with E-state index >= 15 is 0 Å². The number of carbonyl (C=O) groups excluding carboxylic acids is 1. The van der Waals surface area contributed by atoms with Gasteiger partial charge in [0.1, 0.15) is 24.4 Å². The van der Waals surface area contributed by atoms with Crippen LogP contribution in [0.15, 0.2) is 11.1 Å². The number of carboxylic acid groups (broad SMARTS) is 1. The number of carboxylic acids is 1. The van der Waals surface area contributed by atoms with Crippen molar-refractivity contribution in [2.75, 3.05) is 12.5 Å². The summed E-state index contributed by atoms with van der Waals surface area (Å²) in [7, 11) is 0. The fraction of sp³-hybridized carbons (Fsp3) is 0.889. The Balaban J connectivity index is 1.40. The Morgan fingerprint density at radius 2 is 1.60 bits per heavy atom. The maximum atomic E-state index is 14.5. The molecule has 4 fully saturated rings. The molecule has 0 aromatic rings. The van der Waals surface area contributed by atoms with Gasteiger partial charge < -0.3 is 45.2 Å². The molecule has 3 saturated carbocycles. The van der Waals surface area contributed by atoms with Gasteiger partial charge in [0.15, 0.2) is 0 Å². The van der Waals surface area contributed by atoms with Gasteiger partial charge in [-0.15, -0.1) is 11.6 Å². The van der Waals surface area contributed by atoms with Crippen LogP contribution in [-0.4, -0.2) is 103 Å². The summed E-state index contributed by atoms with van der Waals surface area (Å²) in [4.78, 5) is 27.2. The van der Waals surface area contributed by atoms with E-state index in [1.54, 1.807) is 6.92 Å². The zero-order valence-electron chi connectivity index (χ0n) is 28.8. The Bertz CT molecular complexity index is 1330. The van der Waals surface area contributed by atoms with Crippen LogP contribution in [0.3, 0.4) is 0 Å². The van der Waals surface area contributed by atoms with Gasteiger partial charge in [0, 0.05) is 5.88 Å². The van der Waals surface area contributed by atoms with E-state index in [1.807, 2.05) is 0 Å². The van der Waals surface area contributed by atoms with E-state index in [9.17, 15) is 45.3 Å². The van der Waals surface area contributed by atoms with Crippen molar-refractivity contribution >= 4 is 23.5 Å². The summed E-state index contributed by atoms with van der Waals surface area (Å²) in [5.41, 5.74) is -0.966. The molecule has 5 aliphatic carbocycles. The van der Waals surface area contributed by atoms with Gasteiger partial charge in [-0.2, -0.15) is 0 Å². The largest absolute Gasteiger partial charge is 0.481 e. The summed E-state index contributed by atoms with van der Waals surface area (Å²) in [6.45, 7) is 9.72. The Labute approximate surface area is 287 Å². The van der Waals surface area contributed by atoms with Gasteiger partial charge in [-0.25, -0.2) is 0 Å². The fourth-order valence-corrected chi connectivity index (χ4v) is 12.2. The molecule has 0 radical (unpaired) electrons. The highest BCUT2D eigenvalue weighted by Crippen LogP contribution is 2.72. The zero-order chi connectivity index (χ0) is 35.4. The number of esters is 1. The molecule has 0 unspecified atom stereocenters. The van der Waals surface area contributed by atoms with Crippen LogP contribution in [0.4, 0.5) is 0 Å². The predicted molar refractivity (Wildman–Crippen MR) is 173 cm³/mol. The van der Waals surface area contributed by atoms with Crippen LogP contribution in [0.1, 0.15) is 92.4 Å². The number of carbonyl (C=O) groups is 2. The first-order chi connectivity index (χ1) is 22.3. The first-order valence-electron chi connectivity index (χ1n) is 17.7. The van der Waals surface area contributed by atoms with Crippen molar-refractivity contribution in [1.82, 2.24) is 0 Å². The molecule has 1 heterocycles. The van der Waals surface area contributed by atoms with Gasteiger partial charge in [-0.1, -0.05) is 38.8 Å². The molecule has 0 aromatic carbocycles. The molecule has 0 amide bonds. The first-order valence-corrected chi connectivity index (χ1v) is 18.3. The molecular formula is C36H55ClO11. The molecular weight excluding hydrogens is 644 g/mol. The molecule has 7 N–H and O–H groups in total. The van der Waals surface area contributed by atoms with E-state index in [0.717, 1.165) is 12.8 Å². The predicted octanol–water partition coefficient (Wildman–Crippen LogP) is 2.75. The van der Waals surface area contributed by atoms with Crippen LogP contribution in [-0.2, 0) is 19.1 Å². The van der Waals surface area contributed by atoms with E-state index in [1.165, 1.54) is 11.1 Å². The summed E-state index contributed by atoms with van der Waals surface area (Å²) < 4.78 is 11.5. The summed E-state index contributed by atoms with van der Waals surface area (Å²) >= 11 is 6.86. The molecule has 11 nitrogen and oxygen atoms in total. The summed E-state index contributed by atoms with van der Waals surface area (Å²) in [5.74, 6) is -1.98. The lowest BCUT2D eigenvalue weighted by molar-refractivity contribution is -0.297. The molecule has 6 rings (SSSR count). The SMILES string of the molecule is CC1(C)CC[C@]2(C(=O)O[C@H]3O[C@@H](CO)[C@H](O)[C@@H](O)[C@@H]3O)CCC3=C([C@@H](CCl)C[C@@H]4[C@@]5(C)C[C@H](O)[C@H](O)[C@@](C)(C(=O)O)[C@@H]5CC[C@@]34C)[C@@H]2C1. The van der Waals surface area contributed by atoms with Gasteiger partial charge in [-0.05, 0) is 105 Å². The van der Waals surface area contributed by atoms with Crippen LogP contribution in [0.5, 0.6) is 0 Å². The number of allylic oxidation sites excluding steroid dienone is 2. The minimum atomic E-state index is -1.69. The molecule has 6 aliphatic rings. The topological polar surface area (TPSA) is 194 Å². The van der Waals surface area contributed by atoms with E-state index in [0.29, 0.717) is 50.8 Å². The van der Waals surface area contributed by atoms with E-state index in [-0.39, 0.29) is 34.5 Å². The molecule has 1 saturated heterocycles. The normalized spacial score (nSPS) is 51.5. The van der Waals surface area contributed by atoms with Gasteiger partial charge in [0.05, 0.1) is 29.6 Å². The van der Waals surface area contributed by atoms with Crippen molar-refractivity contribution in [3.8, 4) is 0 Å². The number of aliphatic hydroxyl groups excluding tert-OH is 6. The first kappa shape index (κ1) is 36.5.